The van der Waals surface area contributed by atoms with Gasteiger partial charge in [-0.3, -0.25) is 9.59 Å². The molecule has 2 aromatic rings. The molecular weight excluding hydrogens is 404 g/mol. The van der Waals surface area contributed by atoms with Crippen LogP contribution in [0.1, 0.15) is 55.5 Å². The standard InChI is InChI=1S/C26H30N2O4/c1-4-31-24-14-20-10-12-27(17-21(20)15-25(24)32-5-2)26(30)16-23-22-9-7-6-8-19(22)11-13-28(23)18(3)29/h6-9,11,13-15,23H,4-5,10,12,16-17H2,1-3H3. The van der Waals surface area contributed by atoms with Crippen molar-refractivity contribution in [1.82, 2.24) is 9.80 Å². The minimum Gasteiger partial charge on any atom is -0.490 e. The van der Waals surface area contributed by atoms with E-state index in [-0.39, 0.29) is 24.3 Å². The zero-order valence-electron chi connectivity index (χ0n) is 19.0. The molecule has 0 N–H and O–H groups in total. The Kier molecular flexibility index (Phi) is 6.49. The summed E-state index contributed by atoms with van der Waals surface area (Å²) in [5, 5.41) is 0. The van der Waals surface area contributed by atoms with Gasteiger partial charge in [-0.15, -0.1) is 0 Å². The number of carbonyl (C=O) groups is 2. The molecule has 2 aliphatic heterocycles. The first-order valence-electron chi connectivity index (χ1n) is 11.3. The Hall–Kier alpha value is -3.28. The Morgan fingerprint density at radius 2 is 1.72 bits per heavy atom. The molecule has 0 fully saturated rings. The van der Waals surface area contributed by atoms with E-state index in [4.69, 9.17) is 9.47 Å². The lowest BCUT2D eigenvalue weighted by Gasteiger charge is -2.35. The van der Waals surface area contributed by atoms with Crippen molar-refractivity contribution < 1.29 is 19.1 Å². The number of nitrogens with zero attached hydrogens (tertiary/aromatic N) is 2. The number of benzene rings is 2. The molecule has 1 atom stereocenters. The number of fused-ring (bicyclic) bond motifs is 2. The lowest BCUT2D eigenvalue weighted by molar-refractivity contribution is -0.135. The fourth-order valence-corrected chi connectivity index (χ4v) is 4.52. The topological polar surface area (TPSA) is 59.1 Å². The third kappa shape index (κ3) is 4.35. The number of hydrogen-bond acceptors (Lipinski definition) is 4. The van der Waals surface area contributed by atoms with Crippen molar-refractivity contribution in [1.29, 1.82) is 0 Å². The summed E-state index contributed by atoms with van der Waals surface area (Å²) in [6, 6.07) is 11.7. The molecule has 2 aromatic carbocycles. The van der Waals surface area contributed by atoms with Gasteiger partial charge in [0.25, 0.3) is 0 Å². The van der Waals surface area contributed by atoms with E-state index in [1.807, 2.05) is 61.2 Å². The largest absolute Gasteiger partial charge is 0.490 e. The molecule has 0 aliphatic carbocycles. The van der Waals surface area contributed by atoms with Gasteiger partial charge in [0, 0.05) is 26.2 Å². The number of ether oxygens (including phenoxy) is 2. The second-order valence-corrected chi connectivity index (χ2v) is 8.09. The van der Waals surface area contributed by atoms with Crippen LogP contribution in [0.15, 0.2) is 42.6 Å². The van der Waals surface area contributed by atoms with Crippen molar-refractivity contribution in [2.45, 2.75) is 46.2 Å². The first-order chi connectivity index (χ1) is 15.5. The molecule has 2 amide bonds. The predicted molar refractivity (Wildman–Crippen MR) is 123 cm³/mol. The van der Waals surface area contributed by atoms with E-state index in [1.165, 1.54) is 12.5 Å². The van der Waals surface area contributed by atoms with Crippen molar-refractivity contribution in [2.24, 2.45) is 0 Å². The highest BCUT2D eigenvalue weighted by molar-refractivity contribution is 5.82. The molecule has 32 heavy (non-hydrogen) atoms. The molecule has 2 heterocycles. The SMILES string of the molecule is CCOc1cc2c(cc1OCC)CN(C(=O)CC1c3ccccc3C=CN1C(C)=O)CC2. The summed E-state index contributed by atoms with van der Waals surface area (Å²) >= 11 is 0. The monoisotopic (exact) mass is 434 g/mol. The molecule has 0 bridgehead atoms. The lowest BCUT2D eigenvalue weighted by atomic mass is 9.92. The molecular formula is C26H30N2O4. The van der Waals surface area contributed by atoms with Crippen molar-refractivity contribution in [3.63, 3.8) is 0 Å². The van der Waals surface area contributed by atoms with Crippen molar-refractivity contribution in [2.75, 3.05) is 19.8 Å². The minimum atomic E-state index is -0.290. The highest BCUT2D eigenvalue weighted by atomic mass is 16.5. The van der Waals surface area contributed by atoms with Crippen molar-refractivity contribution in [3.8, 4) is 11.5 Å². The molecule has 4 rings (SSSR count). The minimum absolute atomic E-state index is 0.0452. The maximum atomic E-state index is 13.3. The van der Waals surface area contributed by atoms with E-state index in [2.05, 4.69) is 0 Å². The van der Waals surface area contributed by atoms with Crippen LogP contribution in [0.4, 0.5) is 0 Å². The summed E-state index contributed by atoms with van der Waals surface area (Å²) in [6.07, 6.45) is 4.74. The second-order valence-electron chi connectivity index (χ2n) is 8.09. The van der Waals surface area contributed by atoms with Gasteiger partial charge < -0.3 is 19.3 Å². The van der Waals surface area contributed by atoms with Gasteiger partial charge in [0.2, 0.25) is 11.8 Å². The van der Waals surface area contributed by atoms with Crippen LogP contribution >= 0.6 is 0 Å². The molecule has 0 aromatic heterocycles. The van der Waals surface area contributed by atoms with Crippen molar-refractivity contribution >= 4 is 17.9 Å². The zero-order valence-corrected chi connectivity index (χ0v) is 19.0. The van der Waals surface area contributed by atoms with E-state index in [0.29, 0.717) is 26.3 Å². The summed E-state index contributed by atoms with van der Waals surface area (Å²) in [7, 11) is 0. The third-order valence-corrected chi connectivity index (χ3v) is 6.07. The van der Waals surface area contributed by atoms with Gasteiger partial charge >= 0.3 is 0 Å². The number of carbonyl (C=O) groups excluding carboxylic acids is 2. The van der Waals surface area contributed by atoms with Gasteiger partial charge in [0.15, 0.2) is 11.5 Å². The van der Waals surface area contributed by atoms with Crippen LogP contribution in [-0.2, 0) is 22.6 Å². The van der Waals surface area contributed by atoms with Gasteiger partial charge in [-0.1, -0.05) is 24.3 Å². The highest BCUT2D eigenvalue weighted by Crippen LogP contribution is 2.36. The summed E-state index contributed by atoms with van der Waals surface area (Å²) in [4.78, 5) is 29.1. The zero-order chi connectivity index (χ0) is 22.7. The highest BCUT2D eigenvalue weighted by Gasteiger charge is 2.31. The molecule has 1 unspecified atom stereocenters. The first kappa shape index (κ1) is 21.9. The Morgan fingerprint density at radius 1 is 1.03 bits per heavy atom. The second kappa shape index (κ2) is 9.47. The smallest absolute Gasteiger partial charge is 0.225 e. The van der Waals surface area contributed by atoms with Gasteiger partial charge in [-0.05, 0) is 60.7 Å². The normalized spacial score (nSPS) is 16.9. The van der Waals surface area contributed by atoms with E-state index >= 15 is 0 Å². The molecule has 0 spiro atoms. The van der Waals surface area contributed by atoms with Crippen LogP contribution in [0, 0.1) is 0 Å². The lowest BCUT2D eigenvalue weighted by Crippen LogP contribution is -2.39. The van der Waals surface area contributed by atoms with Crippen LogP contribution in [0.5, 0.6) is 11.5 Å². The van der Waals surface area contributed by atoms with E-state index in [1.54, 1.807) is 11.1 Å². The van der Waals surface area contributed by atoms with Crippen molar-refractivity contribution in [3.05, 3.63) is 64.9 Å². The summed E-state index contributed by atoms with van der Waals surface area (Å²) in [5.74, 6) is 1.46. The Balaban J connectivity index is 1.54. The number of rotatable bonds is 6. The molecule has 0 saturated heterocycles. The summed E-state index contributed by atoms with van der Waals surface area (Å²) in [6.45, 7) is 7.75. The van der Waals surface area contributed by atoms with E-state index in [0.717, 1.165) is 34.6 Å². The van der Waals surface area contributed by atoms with Crippen LogP contribution in [-0.4, -0.2) is 41.4 Å². The van der Waals surface area contributed by atoms with Crippen LogP contribution in [0.25, 0.3) is 6.08 Å². The average molecular weight is 435 g/mol. The van der Waals surface area contributed by atoms with Gasteiger partial charge in [-0.25, -0.2) is 0 Å². The van der Waals surface area contributed by atoms with Gasteiger partial charge in [0.05, 0.1) is 25.7 Å². The molecule has 2 aliphatic rings. The quantitative estimate of drug-likeness (QED) is 0.679. The fraction of sp³-hybridized carbons (Fsp3) is 0.385. The fourth-order valence-electron chi connectivity index (χ4n) is 4.52. The maximum absolute atomic E-state index is 13.3. The number of hydrogen-bond donors (Lipinski definition) is 0. The summed E-state index contributed by atoms with van der Waals surface area (Å²) < 4.78 is 11.5. The van der Waals surface area contributed by atoms with Crippen LogP contribution in [0.2, 0.25) is 0 Å². The van der Waals surface area contributed by atoms with Crippen LogP contribution < -0.4 is 9.47 Å². The molecule has 6 heteroatoms. The number of amides is 2. The predicted octanol–water partition coefficient (Wildman–Crippen LogP) is 4.33. The van der Waals surface area contributed by atoms with E-state index < -0.39 is 0 Å². The molecule has 0 radical (unpaired) electrons. The Labute approximate surface area is 189 Å². The van der Waals surface area contributed by atoms with Gasteiger partial charge in [-0.2, -0.15) is 0 Å². The summed E-state index contributed by atoms with van der Waals surface area (Å²) in [5.41, 5.74) is 4.34. The Morgan fingerprint density at radius 3 is 2.41 bits per heavy atom. The average Bonchev–Trinajstić information content (AvgIpc) is 2.79. The molecule has 168 valence electrons. The first-order valence-corrected chi connectivity index (χ1v) is 11.3. The molecule has 0 saturated carbocycles. The maximum Gasteiger partial charge on any atom is 0.225 e. The molecule has 6 nitrogen and oxygen atoms in total. The van der Waals surface area contributed by atoms with Crippen LogP contribution in [0.3, 0.4) is 0 Å². The van der Waals surface area contributed by atoms with E-state index in [9.17, 15) is 9.59 Å². The third-order valence-electron chi connectivity index (χ3n) is 6.07. The Bertz CT molecular complexity index is 1050. The van der Waals surface area contributed by atoms with Gasteiger partial charge in [0.1, 0.15) is 0 Å².